The molecule has 1 aliphatic carbocycles. The number of hydrogen-bond acceptors (Lipinski definition) is 4. The van der Waals surface area contributed by atoms with Crippen LogP contribution in [0.5, 0.6) is 5.75 Å². The van der Waals surface area contributed by atoms with Crippen LogP contribution < -0.4 is 0 Å². The average molecular weight is 465 g/mol. The minimum atomic E-state index is -0.856. The molecule has 0 bridgehead atoms. The molecule has 2 aromatic rings. The molecule has 184 valence electrons. The van der Waals surface area contributed by atoms with E-state index in [4.69, 9.17) is 0 Å². The van der Waals surface area contributed by atoms with Crippen LogP contribution in [-0.2, 0) is 16.6 Å². The summed E-state index contributed by atoms with van der Waals surface area (Å²) in [5, 5.41) is 22.0. The molecule has 2 fully saturated rings. The van der Waals surface area contributed by atoms with Gasteiger partial charge in [-0.1, -0.05) is 48.9 Å². The number of carbonyl (C=O) groups excluding carboxylic acids is 1. The molecule has 1 saturated carbocycles. The van der Waals surface area contributed by atoms with Gasteiger partial charge < -0.3 is 20.0 Å². The lowest BCUT2D eigenvalue weighted by Gasteiger charge is -2.58. The highest BCUT2D eigenvalue weighted by Crippen LogP contribution is 2.52. The molecule has 0 unspecified atom stereocenters. The quantitative estimate of drug-likeness (QED) is 0.564. The van der Waals surface area contributed by atoms with Crippen molar-refractivity contribution < 1.29 is 15.0 Å². The number of benzene rings is 2. The Morgan fingerprint density at radius 1 is 1.09 bits per heavy atom. The number of nitrogens with zero attached hydrogens (tertiary/aromatic N) is 2. The summed E-state index contributed by atoms with van der Waals surface area (Å²) < 4.78 is 0. The highest BCUT2D eigenvalue weighted by Gasteiger charge is 2.57. The zero-order valence-corrected chi connectivity index (χ0v) is 20.7. The molecule has 5 heteroatoms. The number of aromatic hydroxyl groups is 1. The Bertz CT molecular complexity index is 965. The maximum atomic E-state index is 13.1. The number of rotatable bonds is 8. The van der Waals surface area contributed by atoms with Gasteiger partial charge in [0, 0.05) is 31.5 Å². The van der Waals surface area contributed by atoms with Crippen LogP contribution in [0.2, 0.25) is 0 Å². The molecule has 3 atom stereocenters. The van der Waals surface area contributed by atoms with Gasteiger partial charge in [0.1, 0.15) is 5.75 Å². The minimum Gasteiger partial charge on any atom is -0.508 e. The number of β-amino-alcohol motifs (C(OH)–C–C–N with tert-alkyl or cyclic N) is 1. The van der Waals surface area contributed by atoms with Crippen molar-refractivity contribution in [3.05, 3.63) is 65.7 Å². The Kier molecular flexibility index (Phi) is 7.63. The number of likely N-dealkylation sites (tertiary alicyclic amines) is 1. The summed E-state index contributed by atoms with van der Waals surface area (Å²) in [4.78, 5) is 17.2. The number of amides is 1. The van der Waals surface area contributed by atoms with Crippen LogP contribution in [0, 0.1) is 0 Å². The second kappa shape index (κ2) is 10.5. The number of phenolic OH excluding ortho intramolecular Hbond substituents is 1. The summed E-state index contributed by atoms with van der Waals surface area (Å²) in [6.45, 7) is 1.51. The second-order valence-corrected chi connectivity index (χ2v) is 10.6. The van der Waals surface area contributed by atoms with E-state index in [9.17, 15) is 15.0 Å². The fraction of sp³-hybridized carbons (Fsp3) is 0.552. The fourth-order valence-corrected chi connectivity index (χ4v) is 6.28. The highest BCUT2D eigenvalue weighted by molar-refractivity contribution is 5.76. The van der Waals surface area contributed by atoms with Crippen LogP contribution in [-0.4, -0.2) is 64.7 Å². The third-order valence-electron chi connectivity index (χ3n) is 8.36. The average Bonchev–Trinajstić information content (AvgIpc) is 2.83. The standard InChI is InChI=1S/C29H40N2O3/c1-30-19-18-28(24-13-9-14-26(32)20-24)21-25(16-17-29(28,34)22-30)31(2)27(33)15-8-4-7-12-23-10-5-3-6-11-23/h3,5-6,9-11,13-14,20,25,32,34H,4,7-8,12,15-19,21-22H2,1-2H3/t25-,28+,29+/m1/s1. The van der Waals surface area contributed by atoms with Crippen LogP contribution in [0.1, 0.15) is 62.5 Å². The van der Waals surface area contributed by atoms with Gasteiger partial charge in [0.15, 0.2) is 0 Å². The molecule has 5 nitrogen and oxygen atoms in total. The number of aliphatic hydroxyl groups is 1. The number of carbonyl (C=O) groups is 1. The molecule has 0 spiro atoms. The van der Waals surface area contributed by atoms with Crippen molar-refractivity contribution in [2.75, 3.05) is 27.2 Å². The van der Waals surface area contributed by atoms with E-state index in [2.05, 4.69) is 36.2 Å². The molecule has 0 aromatic heterocycles. The van der Waals surface area contributed by atoms with Crippen molar-refractivity contribution in [2.24, 2.45) is 0 Å². The van der Waals surface area contributed by atoms with Gasteiger partial charge in [0.25, 0.3) is 0 Å². The molecular formula is C29H40N2O3. The van der Waals surface area contributed by atoms with Crippen molar-refractivity contribution in [3.8, 4) is 5.75 Å². The summed E-state index contributed by atoms with van der Waals surface area (Å²) in [6, 6.07) is 18.0. The fourth-order valence-electron chi connectivity index (χ4n) is 6.28. The molecule has 4 rings (SSSR count). The van der Waals surface area contributed by atoms with Crippen molar-refractivity contribution in [3.63, 3.8) is 0 Å². The highest BCUT2D eigenvalue weighted by atomic mass is 16.3. The maximum Gasteiger partial charge on any atom is 0.222 e. The van der Waals surface area contributed by atoms with Crippen molar-refractivity contribution in [2.45, 2.75) is 74.8 Å². The normalized spacial score (nSPS) is 27.2. The van der Waals surface area contributed by atoms with Crippen molar-refractivity contribution >= 4 is 5.91 Å². The molecule has 1 aliphatic heterocycles. The summed E-state index contributed by atoms with van der Waals surface area (Å²) >= 11 is 0. The molecule has 1 heterocycles. The van der Waals surface area contributed by atoms with E-state index in [1.807, 2.05) is 36.2 Å². The monoisotopic (exact) mass is 464 g/mol. The first-order valence-corrected chi connectivity index (χ1v) is 12.8. The third kappa shape index (κ3) is 5.16. The van der Waals surface area contributed by atoms with Crippen molar-refractivity contribution in [1.29, 1.82) is 0 Å². The minimum absolute atomic E-state index is 0.0999. The lowest BCUT2D eigenvalue weighted by molar-refractivity contribution is -0.146. The Balaban J connectivity index is 1.39. The zero-order chi connectivity index (χ0) is 24.2. The molecule has 2 aromatic carbocycles. The summed E-state index contributed by atoms with van der Waals surface area (Å²) in [5.41, 5.74) is 1.04. The van der Waals surface area contributed by atoms with Gasteiger partial charge in [-0.15, -0.1) is 0 Å². The summed E-state index contributed by atoms with van der Waals surface area (Å²) in [7, 11) is 4.00. The number of likely N-dealkylation sites (N-methyl/N-ethyl adjacent to an activating group) is 1. The number of hydrogen-bond donors (Lipinski definition) is 2. The molecule has 2 aliphatic rings. The van der Waals surface area contributed by atoms with Gasteiger partial charge >= 0.3 is 0 Å². The first kappa shape index (κ1) is 24.7. The van der Waals surface area contributed by atoms with Gasteiger partial charge in [-0.3, -0.25) is 4.79 Å². The summed E-state index contributed by atoms with van der Waals surface area (Å²) in [5.74, 6) is 0.435. The number of unbranched alkanes of at least 4 members (excludes halogenated alkanes) is 2. The van der Waals surface area contributed by atoms with Gasteiger partial charge in [0.05, 0.1) is 5.60 Å². The van der Waals surface area contributed by atoms with Crippen LogP contribution in [0.4, 0.5) is 0 Å². The lowest BCUT2D eigenvalue weighted by atomic mass is 9.55. The molecule has 34 heavy (non-hydrogen) atoms. The van der Waals surface area contributed by atoms with Gasteiger partial charge in [-0.25, -0.2) is 0 Å². The van der Waals surface area contributed by atoms with E-state index < -0.39 is 11.0 Å². The number of fused-ring (bicyclic) bond motifs is 1. The zero-order valence-electron chi connectivity index (χ0n) is 20.7. The Morgan fingerprint density at radius 3 is 2.65 bits per heavy atom. The Hall–Kier alpha value is -2.37. The van der Waals surface area contributed by atoms with E-state index in [0.717, 1.165) is 57.1 Å². The van der Waals surface area contributed by atoms with E-state index in [0.29, 0.717) is 19.4 Å². The van der Waals surface area contributed by atoms with E-state index >= 15 is 0 Å². The number of phenols is 1. The topological polar surface area (TPSA) is 64.0 Å². The number of aryl methyl sites for hydroxylation is 1. The molecule has 0 radical (unpaired) electrons. The van der Waals surface area contributed by atoms with E-state index in [1.54, 1.807) is 6.07 Å². The Labute approximate surface area is 204 Å². The molecular weight excluding hydrogens is 424 g/mol. The summed E-state index contributed by atoms with van der Waals surface area (Å²) in [6.07, 6.45) is 7.73. The van der Waals surface area contributed by atoms with E-state index in [-0.39, 0.29) is 17.7 Å². The van der Waals surface area contributed by atoms with Gasteiger partial charge in [-0.2, -0.15) is 0 Å². The predicted molar refractivity (Wildman–Crippen MR) is 136 cm³/mol. The lowest BCUT2D eigenvalue weighted by Crippen LogP contribution is -2.66. The smallest absolute Gasteiger partial charge is 0.222 e. The van der Waals surface area contributed by atoms with Crippen LogP contribution in [0.25, 0.3) is 0 Å². The molecule has 1 saturated heterocycles. The SMILES string of the molecule is CN1CC[C@@]2(c3cccc(O)c3)C[C@H](N(C)C(=O)CCCCCc3ccccc3)CC[C@]2(O)C1. The van der Waals surface area contributed by atoms with Crippen LogP contribution >= 0.6 is 0 Å². The Morgan fingerprint density at radius 2 is 1.88 bits per heavy atom. The number of piperidine rings is 1. The van der Waals surface area contributed by atoms with E-state index in [1.165, 1.54) is 5.56 Å². The predicted octanol–water partition coefficient (Wildman–Crippen LogP) is 4.51. The van der Waals surface area contributed by atoms with Crippen LogP contribution in [0.15, 0.2) is 54.6 Å². The van der Waals surface area contributed by atoms with Gasteiger partial charge in [-0.05, 0) is 81.8 Å². The van der Waals surface area contributed by atoms with Crippen molar-refractivity contribution in [1.82, 2.24) is 9.80 Å². The first-order chi connectivity index (χ1) is 16.3. The third-order valence-corrected chi connectivity index (χ3v) is 8.36. The molecule has 1 amide bonds. The second-order valence-electron chi connectivity index (χ2n) is 10.6. The first-order valence-electron chi connectivity index (χ1n) is 12.8. The molecule has 2 N–H and O–H groups in total. The van der Waals surface area contributed by atoms with Gasteiger partial charge in [0.2, 0.25) is 5.91 Å². The maximum absolute atomic E-state index is 13.1. The van der Waals surface area contributed by atoms with Crippen LogP contribution in [0.3, 0.4) is 0 Å². The largest absolute Gasteiger partial charge is 0.508 e.